The molecular formula is C27H24N4S. The lowest BCUT2D eigenvalue weighted by atomic mass is 9.99. The molecule has 3 aromatic carbocycles. The van der Waals surface area contributed by atoms with Crippen LogP contribution in [0.3, 0.4) is 0 Å². The summed E-state index contributed by atoms with van der Waals surface area (Å²) in [4.78, 5) is 11.4. The summed E-state index contributed by atoms with van der Waals surface area (Å²) >= 11 is 1.71. The van der Waals surface area contributed by atoms with Gasteiger partial charge in [0.05, 0.1) is 5.39 Å². The van der Waals surface area contributed by atoms with Gasteiger partial charge in [0.1, 0.15) is 17.0 Å². The van der Waals surface area contributed by atoms with Crippen LogP contribution in [0.15, 0.2) is 79.1 Å². The number of fused-ring (bicyclic) bond motifs is 1. The number of hydrogen-bond donors (Lipinski definition) is 2. The molecule has 2 N–H and O–H groups in total. The SMILES string of the molecule is Cc1ccc(-c2c(C)sc3ncnc(Nc4ccc(Nc5ccccc5)cc4)c23)cc1C. The number of nitrogens with one attached hydrogen (secondary N) is 2. The van der Waals surface area contributed by atoms with Gasteiger partial charge < -0.3 is 10.6 Å². The summed E-state index contributed by atoms with van der Waals surface area (Å²) in [5.41, 5.74) is 8.09. The third-order valence-electron chi connectivity index (χ3n) is 5.67. The van der Waals surface area contributed by atoms with E-state index in [1.54, 1.807) is 17.7 Å². The van der Waals surface area contributed by atoms with Gasteiger partial charge >= 0.3 is 0 Å². The fraction of sp³-hybridized carbons (Fsp3) is 0.111. The van der Waals surface area contributed by atoms with Crippen molar-refractivity contribution in [1.82, 2.24) is 9.97 Å². The van der Waals surface area contributed by atoms with E-state index < -0.39 is 0 Å². The van der Waals surface area contributed by atoms with Crippen LogP contribution in [0.2, 0.25) is 0 Å². The Morgan fingerprint density at radius 2 is 1.38 bits per heavy atom. The van der Waals surface area contributed by atoms with E-state index >= 15 is 0 Å². The minimum absolute atomic E-state index is 0.830. The van der Waals surface area contributed by atoms with Gasteiger partial charge in [0.25, 0.3) is 0 Å². The molecule has 2 aromatic heterocycles. The first-order valence-corrected chi connectivity index (χ1v) is 11.4. The largest absolute Gasteiger partial charge is 0.356 e. The maximum atomic E-state index is 4.60. The zero-order valence-corrected chi connectivity index (χ0v) is 19.1. The monoisotopic (exact) mass is 436 g/mol. The van der Waals surface area contributed by atoms with Crippen molar-refractivity contribution in [3.8, 4) is 11.1 Å². The molecule has 0 amide bonds. The Kier molecular flexibility index (Phi) is 5.33. The summed E-state index contributed by atoms with van der Waals surface area (Å²) in [6.45, 7) is 6.46. The summed E-state index contributed by atoms with van der Waals surface area (Å²) in [5, 5.41) is 8.01. The van der Waals surface area contributed by atoms with Gasteiger partial charge in [-0.2, -0.15) is 0 Å². The predicted octanol–water partition coefficient (Wildman–Crippen LogP) is 7.77. The first-order valence-electron chi connectivity index (χ1n) is 10.6. The molecular weight excluding hydrogens is 412 g/mol. The van der Waals surface area contributed by atoms with E-state index in [2.05, 4.69) is 96.0 Å². The van der Waals surface area contributed by atoms with Gasteiger partial charge in [0, 0.05) is 27.5 Å². The van der Waals surface area contributed by atoms with Crippen LogP contribution in [-0.4, -0.2) is 9.97 Å². The molecule has 0 saturated carbocycles. The number of benzene rings is 3. The first kappa shape index (κ1) is 20.2. The molecule has 0 aliphatic carbocycles. The van der Waals surface area contributed by atoms with Crippen LogP contribution >= 0.6 is 11.3 Å². The Bertz CT molecular complexity index is 1390. The zero-order chi connectivity index (χ0) is 22.1. The fourth-order valence-corrected chi connectivity index (χ4v) is 4.86. The minimum atomic E-state index is 0.830. The standard InChI is InChI=1S/C27H24N4S/c1-17-9-10-20(15-18(17)2)24-19(3)32-27-25(24)26(28-16-29-27)31-23-13-11-22(12-14-23)30-21-7-5-4-6-8-21/h4-16,30H,1-3H3,(H,28,29,31). The van der Waals surface area contributed by atoms with E-state index in [9.17, 15) is 0 Å². The van der Waals surface area contributed by atoms with Crippen molar-refractivity contribution in [2.45, 2.75) is 20.8 Å². The predicted molar refractivity (Wildman–Crippen MR) is 137 cm³/mol. The number of aromatic nitrogens is 2. The highest BCUT2D eigenvalue weighted by molar-refractivity contribution is 7.19. The molecule has 0 atom stereocenters. The van der Waals surface area contributed by atoms with E-state index in [1.807, 2.05) is 18.2 Å². The van der Waals surface area contributed by atoms with E-state index in [0.29, 0.717) is 0 Å². The Hall–Kier alpha value is -3.70. The van der Waals surface area contributed by atoms with E-state index in [-0.39, 0.29) is 0 Å². The number of rotatable bonds is 5. The Morgan fingerprint density at radius 3 is 2.09 bits per heavy atom. The lowest BCUT2D eigenvalue weighted by molar-refractivity contribution is 1.23. The van der Waals surface area contributed by atoms with Crippen LogP contribution in [0.1, 0.15) is 16.0 Å². The topological polar surface area (TPSA) is 49.8 Å². The third kappa shape index (κ3) is 3.95. The second kappa shape index (κ2) is 8.44. The molecule has 5 heteroatoms. The lowest BCUT2D eigenvalue weighted by Crippen LogP contribution is -1.96. The van der Waals surface area contributed by atoms with Gasteiger partial charge in [-0.05, 0) is 73.9 Å². The molecule has 0 radical (unpaired) electrons. The summed E-state index contributed by atoms with van der Waals surface area (Å²) in [6.07, 6.45) is 1.64. The van der Waals surface area contributed by atoms with Crippen molar-refractivity contribution in [3.63, 3.8) is 0 Å². The smallest absolute Gasteiger partial charge is 0.143 e. The average Bonchev–Trinajstić information content (AvgIpc) is 3.14. The van der Waals surface area contributed by atoms with E-state index in [4.69, 9.17) is 0 Å². The number of anilines is 4. The van der Waals surface area contributed by atoms with Crippen molar-refractivity contribution in [2.75, 3.05) is 10.6 Å². The summed E-state index contributed by atoms with van der Waals surface area (Å²) < 4.78 is 0. The maximum Gasteiger partial charge on any atom is 0.143 e. The maximum absolute atomic E-state index is 4.60. The van der Waals surface area contributed by atoms with Gasteiger partial charge in [-0.25, -0.2) is 9.97 Å². The second-order valence-corrected chi connectivity index (χ2v) is 9.13. The molecule has 0 unspecified atom stereocenters. The van der Waals surface area contributed by atoms with Crippen molar-refractivity contribution in [2.24, 2.45) is 0 Å². The number of para-hydroxylation sites is 1. The van der Waals surface area contributed by atoms with Crippen LogP contribution < -0.4 is 10.6 Å². The number of hydrogen-bond acceptors (Lipinski definition) is 5. The molecule has 0 bridgehead atoms. The highest BCUT2D eigenvalue weighted by atomic mass is 32.1. The first-order chi connectivity index (χ1) is 15.6. The van der Waals surface area contributed by atoms with Crippen LogP contribution in [-0.2, 0) is 0 Å². The van der Waals surface area contributed by atoms with Crippen molar-refractivity contribution in [1.29, 1.82) is 0 Å². The molecule has 5 rings (SSSR count). The lowest BCUT2D eigenvalue weighted by Gasteiger charge is -2.11. The molecule has 32 heavy (non-hydrogen) atoms. The van der Waals surface area contributed by atoms with Gasteiger partial charge in [-0.1, -0.05) is 36.4 Å². The third-order valence-corrected chi connectivity index (χ3v) is 6.68. The van der Waals surface area contributed by atoms with Gasteiger partial charge in [-0.3, -0.25) is 0 Å². The highest BCUT2D eigenvalue weighted by Crippen LogP contribution is 2.41. The van der Waals surface area contributed by atoms with E-state index in [1.165, 1.54) is 27.1 Å². The van der Waals surface area contributed by atoms with Gasteiger partial charge in [0.15, 0.2) is 0 Å². The normalized spacial score (nSPS) is 11.0. The van der Waals surface area contributed by atoms with Crippen LogP contribution in [0.25, 0.3) is 21.3 Å². The quantitative estimate of drug-likeness (QED) is 0.295. The Labute approximate surface area is 192 Å². The minimum Gasteiger partial charge on any atom is -0.356 e. The molecule has 158 valence electrons. The van der Waals surface area contributed by atoms with Gasteiger partial charge in [0.2, 0.25) is 0 Å². The van der Waals surface area contributed by atoms with Crippen molar-refractivity contribution in [3.05, 3.63) is 95.1 Å². The fourth-order valence-electron chi connectivity index (χ4n) is 3.85. The Balaban J connectivity index is 1.49. The number of thiophene rings is 1. The molecule has 4 nitrogen and oxygen atoms in total. The molecule has 0 saturated heterocycles. The highest BCUT2D eigenvalue weighted by Gasteiger charge is 2.17. The van der Waals surface area contributed by atoms with Crippen molar-refractivity contribution < 1.29 is 0 Å². The molecule has 0 spiro atoms. The van der Waals surface area contributed by atoms with Crippen molar-refractivity contribution >= 4 is 44.4 Å². The molecule has 5 aromatic rings. The van der Waals surface area contributed by atoms with E-state index in [0.717, 1.165) is 33.1 Å². The number of aryl methyl sites for hydroxylation is 3. The molecule has 0 aliphatic rings. The molecule has 0 aliphatic heterocycles. The molecule has 0 fully saturated rings. The molecule has 2 heterocycles. The van der Waals surface area contributed by atoms with Crippen LogP contribution in [0.5, 0.6) is 0 Å². The average molecular weight is 437 g/mol. The summed E-state index contributed by atoms with van der Waals surface area (Å²) in [5.74, 6) is 0.830. The van der Waals surface area contributed by atoms with Crippen LogP contribution in [0, 0.1) is 20.8 Å². The number of nitrogens with zero attached hydrogens (tertiary/aromatic N) is 2. The van der Waals surface area contributed by atoms with Gasteiger partial charge in [-0.15, -0.1) is 11.3 Å². The zero-order valence-electron chi connectivity index (χ0n) is 18.3. The Morgan fingerprint density at radius 1 is 0.688 bits per heavy atom. The summed E-state index contributed by atoms with van der Waals surface area (Å²) in [6, 6.07) is 25.1. The summed E-state index contributed by atoms with van der Waals surface area (Å²) in [7, 11) is 0. The second-order valence-electron chi connectivity index (χ2n) is 7.93. The van der Waals surface area contributed by atoms with Crippen LogP contribution in [0.4, 0.5) is 22.9 Å².